The summed E-state index contributed by atoms with van der Waals surface area (Å²) in [5, 5.41) is 3.65. The highest BCUT2D eigenvalue weighted by Crippen LogP contribution is 2.22. The third kappa shape index (κ3) is 6.72. The van der Waals surface area contributed by atoms with Gasteiger partial charge in [-0.3, -0.25) is 0 Å². The summed E-state index contributed by atoms with van der Waals surface area (Å²) >= 11 is 2.08. The van der Waals surface area contributed by atoms with Crippen LogP contribution in [-0.4, -0.2) is 24.1 Å². The molecular formula is C12H27NS. The zero-order chi connectivity index (χ0) is 11.0. The van der Waals surface area contributed by atoms with Crippen LogP contribution < -0.4 is 5.32 Å². The van der Waals surface area contributed by atoms with Gasteiger partial charge in [-0.15, -0.1) is 0 Å². The second-order valence-electron chi connectivity index (χ2n) is 4.95. The average Bonchev–Trinajstić information content (AvgIpc) is 2.09. The normalized spacial score (nSPS) is 14.4. The lowest BCUT2D eigenvalue weighted by Crippen LogP contribution is -2.42. The molecule has 0 aliphatic carbocycles. The summed E-state index contributed by atoms with van der Waals surface area (Å²) in [6.45, 7) is 12.6. The molecule has 1 unspecified atom stereocenters. The Balaban J connectivity index is 3.85. The molecule has 2 heteroatoms. The topological polar surface area (TPSA) is 12.0 Å². The van der Waals surface area contributed by atoms with Crippen LogP contribution in [0.1, 0.15) is 47.5 Å². The minimum atomic E-state index is 0.385. The lowest BCUT2D eigenvalue weighted by atomic mass is 9.88. The van der Waals surface area contributed by atoms with Crippen LogP contribution in [0.4, 0.5) is 0 Å². The van der Waals surface area contributed by atoms with Gasteiger partial charge in [0.15, 0.2) is 0 Å². The van der Waals surface area contributed by atoms with E-state index in [2.05, 4.69) is 51.7 Å². The van der Waals surface area contributed by atoms with Crippen molar-refractivity contribution in [3.63, 3.8) is 0 Å². The van der Waals surface area contributed by atoms with Gasteiger partial charge in [0, 0.05) is 11.8 Å². The molecule has 86 valence electrons. The molecule has 0 spiro atoms. The highest BCUT2D eigenvalue weighted by atomic mass is 32.2. The molecule has 0 fully saturated rings. The van der Waals surface area contributed by atoms with Crippen molar-refractivity contribution in [1.82, 2.24) is 5.32 Å². The maximum absolute atomic E-state index is 3.65. The molecule has 0 radical (unpaired) electrons. The summed E-state index contributed by atoms with van der Waals surface area (Å²) in [6, 6.07) is 0.652. The predicted octanol–water partition coefficient (Wildman–Crippen LogP) is 3.54. The van der Waals surface area contributed by atoms with Crippen molar-refractivity contribution in [2.75, 3.05) is 18.1 Å². The van der Waals surface area contributed by atoms with E-state index in [0.29, 0.717) is 11.5 Å². The predicted molar refractivity (Wildman–Crippen MR) is 69.2 cm³/mol. The van der Waals surface area contributed by atoms with Gasteiger partial charge in [0.2, 0.25) is 0 Å². The Morgan fingerprint density at radius 2 is 1.79 bits per heavy atom. The van der Waals surface area contributed by atoms with Crippen LogP contribution in [0.25, 0.3) is 0 Å². The number of hydrogen-bond donors (Lipinski definition) is 1. The molecule has 0 aromatic rings. The summed E-state index contributed by atoms with van der Waals surface area (Å²) in [5.41, 5.74) is 0.385. The van der Waals surface area contributed by atoms with Crippen LogP contribution in [0.15, 0.2) is 0 Å². The smallest absolute Gasteiger partial charge is 0.0206 e. The summed E-state index contributed by atoms with van der Waals surface area (Å²) in [4.78, 5) is 0. The monoisotopic (exact) mass is 217 g/mol. The van der Waals surface area contributed by atoms with E-state index in [4.69, 9.17) is 0 Å². The van der Waals surface area contributed by atoms with E-state index >= 15 is 0 Å². The molecule has 0 aliphatic heterocycles. The molecule has 1 atom stereocenters. The molecule has 1 N–H and O–H groups in total. The van der Waals surface area contributed by atoms with Gasteiger partial charge >= 0.3 is 0 Å². The van der Waals surface area contributed by atoms with Gasteiger partial charge in [0.05, 0.1) is 0 Å². The van der Waals surface area contributed by atoms with Crippen molar-refractivity contribution in [1.29, 1.82) is 0 Å². The van der Waals surface area contributed by atoms with E-state index < -0.39 is 0 Å². The van der Waals surface area contributed by atoms with Crippen molar-refractivity contribution in [2.45, 2.75) is 53.5 Å². The number of rotatable bonds is 7. The first-order valence-corrected chi connectivity index (χ1v) is 6.99. The first-order chi connectivity index (χ1) is 6.52. The van der Waals surface area contributed by atoms with Crippen molar-refractivity contribution in [3.05, 3.63) is 0 Å². The van der Waals surface area contributed by atoms with E-state index in [9.17, 15) is 0 Å². The molecule has 0 rings (SSSR count). The number of nitrogens with one attached hydrogen (secondary N) is 1. The molecule has 0 saturated heterocycles. The van der Waals surface area contributed by atoms with E-state index in [1.165, 1.54) is 24.3 Å². The quantitative estimate of drug-likeness (QED) is 0.655. The van der Waals surface area contributed by atoms with Gasteiger partial charge in [0.25, 0.3) is 0 Å². The van der Waals surface area contributed by atoms with Crippen LogP contribution in [0, 0.1) is 5.41 Å². The Morgan fingerprint density at radius 1 is 1.14 bits per heavy atom. The molecule has 0 heterocycles. The molecule has 0 aromatic heterocycles. The first kappa shape index (κ1) is 14.3. The standard InChI is InChI=1S/C12H27NS/c1-6-8-13-11(12(3,4)5)10-14-9-7-2/h11,13H,6-10H2,1-5H3. The second-order valence-corrected chi connectivity index (χ2v) is 6.10. The van der Waals surface area contributed by atoms with Crippen LogP contribution in [0.2, 0.25) is 0 Å². The Bertz CT molecular complexity index is 129. The Hall–Kier alpha value is 0.310. The van der Waals surface area contributed by atoms with E-state index in [-0.39, 0.29) is 0 Å². The molecule has 1 nitrogen and oxygen atoms in total. The highest BCUT2D eigenvalue weighted by molar-refractivity contribution is 7.99. The van der Waals surface area contributed by atoms with Gasteiger partial charge in [0.1, 0.15) is 0 Å². The molecule has 0 saturated carbocycles. The fraction of sp³-hybridized carbons (Fsp3) is 1.00. The maximum Gasteiger partial charge on any atom is 0.0206 e. The highest BCUT2D eigenvalue weighted by Gasteiger charge is 2.23. The minimum absolute atomic E-state index is 0.385. The molecule has 0 aromatic carbocycles. The SMILES string of the molecule is CCCNC(CSCCC)C(C)(C)C. The lowest BCUT2D eigenvalue weighted by Gasteiger charge is -2.31. The molecule has 0 aliphatic rings. The molecule has 0 bridgehead atoms. The average molecular weight is 217 g/mol. The van der Waals surface area contributed by atoms with Crippen LogP contribution in [-0.2, 0) is 0 Å². The van der Waals surface area contributed by atoms with Crippen molar-refractivity contribution in [3.8, 4) is 0 Å². The van der Waals surface area contributed by atoms with Gasteiger partial charge < -0.3 is 5.32 Å². The maximum atomic E-state index is 3.65. The van der Waals surface area contributed by atoms with Crippen LogP contribution >= 0.6 is 11.8 Å². The summed E-state index contributed by atoms with van der Waals surface area (Å²) < 4.78 is 0. The lowest BCUT2D eigenvalue weighted by molar-refractivity contribution is 0.292. The second kappa shape index (κ2) is 7.58. The van der Waals surface area contributed by atoms with Crippen LogP contribution in [0.3, 0.4) is 0 Å². The first-order valence-electron chi connectivity index (χ1n) is 5.83. The fourth-order valence-electron chi connectivity index (χ4n) is 1.28. The van der Waals surface area contributed by atoms with Crippen molar-refractivity contribution in [2.24, 2.45) is 5.41 Å². The molecule has 0 amide bonds. The zero-order valence-corrected chi connectivity index (χ0v) is 11.3. The summed E-state index contributed by atoms with van der Waals surface area (Å²) in [6.07, 6.45) is 2.51. The fourth-order valence-corrected chi connectivity index (χ4v) is 2.59. The largest absolute Gasteiger partial charge is 0.313 e. The Labute approximate surface area is 94.4 Å². The van der Waals surface area contributed by atoms with Gasteiger partial charge in [-0.05, 0) is 30.6 Å². The number of thioether (sulfide) groups is 1. The Morgan fingerprint density at radius 3 is 2.21 bits per heavy atom. The van der Waals surface area contributed by atoms with E-state index in [1.54, 1.807) is 0 Å². The van der Waals surface area contributed by atoms with Gasteiger partial charge in [-0.25, -0.2) is 0 Å². The van der Waals surface area contributed by atoms with Crippen molar-refractivity contribution < 1.29 is 0 Å². The number of hydrogen-bond acceptors (Lipinski definition) is 2. The third-order valence-corrected chi connectivity index (χ3v) is 3.59. The summed E-state index contributed by atoms with van der Waals surface area (Å²) in [5.74, 6) is 2.54. The third-order valence-electron chi connectivity index (χ3n) is 2.32. The van der Waals surface area contributed by atoms with Gasteiger partial charge in [-0.2, -0.15) is 11.8 Å². The summed E-state index contributed by atoms with van der Waals surface area (Å²) in [7, 11) is 0. The molecular weight excluding hydrogens is 190 g/mol. The Kier molecular flexibility index (Phi) is 7.75. The zero-order valence-electron chi connectivity index (χ0n) is 10.5. The molecule has 14 heavy (non-hydrogen) atoms. The van der Waals surface area contributed by atoms with Crippen LogP contribution in [0.5, 0.6) is 0 Å². The van der Waals surface area contributed by atoms with E-state index in [0.717, 1.165) is 6.54 Å². The van der Waals surface area contributed by atoms with Crippen molar-refractivity contribution >= 4 is 11.8 Å². The van der Waals surface area contributed by atoms with Gasteiger partial charge in [-0.1, -0.05) is 34.6 Å². The van der Waals surface area contributed by atoms with E-state index in [1.807, 2.05) is 0 Å². The minimum Gasteiger partial charge on any atom is -0.313 e.